The molecule has 4 heteroatoms. The summed E-state index contributed by atoms with van der Waals surface area (Å²) in [5, 5.41) is 12.1. The standard InChI is InChI=1S/C12H13FN2O/c1-16-11-5-10(6-11)15-12-3-2-9(13)4-8(12)7-14/h2-4,10-11,15H,5-6H2,1H3. The zero-order valence-corrected chi connectivity index (χ0v) is 9.03. The average molecular weight is 220 g/mol. The Bertz CT molecular complexity index is 422. The fourth-order valence-corrected chi connectivity index (χ4v) is 1.83. The fourth-order valence-electron chi connectivity index (χ4n) is 1.83. The van der Waals surface area contributed by atoms with Gasteiger partial charge in [-0.05, 0) is 31.0 Å². The Morgan fingerprint density at radius 1 is 1.50 bits per heavy atom. The van der Waals surface area contributed by atoms with Crippen molar-refractivity contribution in [2.75, 3.05) is 12.4 Å². The van der Waals surface area contributed by atoms with Crippen LogP contribution in [0, 0.1) is 17.1 Å². The van der Waals surface area contributed by atoms with Crippen LogP contribution in [0.5, 0.6) is 0 Å². The second kappa shape index (κ2) is 4.50. The van der Waals surface area contributed by atoms with Gasteiger partial charge in [0.2, 0.25) is 0 Å². The van der Waals surface area contributed by atoms with Gasteiger partial charge in [-0.15, -0.1) is 0 Å². The summed E-state index contributed by atoms with van der Waals surface area (Å²) < 4.78 is 18.0. The predicted molar refractivity (Wildman–Crippen MR) is 58.6 cm³/mol. The van der Waals surface area contributed by atoms with Crippen molar-refractivity contribution in [2.24, 2.45) is 0 Å². The van der Waals surface area contributed by atoms with Gasteiger partial charge in [-0.1, -0.05) is 0 Å². The third-order valence-corrected chi connectivity index (χ3v) is 2.89. The van der Waals surface area contributed by atoms with E-state index in [4.69, 9.17) is 10.00 Å². The van der Waals surface area contributed by atoms with Gasteiger partial charge < -0.3 is 10.1 Å². The molecule has 1 saturated carbocycles. The number of nitrogens with zero attached hydrogens (tertiary/aromatic N) is 1. The van der Waals surface area contributed by atoms with E-state index in [1.807, 2.05) is 6.07 Å². The Morgan fingerprint density at radius 3 is 2.88 bits per heavy atom. The monoisotopic (exact) mass is 220 g/mol. The van der Waals surface area contributed by atoms with Crippen molar-refractivity contribution in [1.29, 1.82) is 5.26 Å². The third kappa shape index (κ3) is 2.15. The molecule has 2 rings (SSSR count). The molecule has 0 heterocycles. The summed E-state index contributed by atoms with van der Waals surface area (Å²) in [7, 11) is 1.69. The number of hydrogen-bond donors (Lipinski definition) is 1. The first-order valence-electron chi connectivity index (χ1n) is 5.22. The predicted octanol–water partition coefficient (Wildman–Crippen LogP) is 2.29. The van der Waals surface area contributed by atoms with Gasteiger partial charge in [-0.2, -0.15) is 5.26 Å². The van der Waals surface area contributed by atoms with E-state index in [0.717, 1.165) is 12.8 Å². The van der Waals surface area contributed by atoms with Crippen molar-refractivity contribution in [3.63, 3.8) is 0 Å². The largest absolute Gasteiger partial charge is 0.381 e. The van der Waals surface area contributed by atoms with Crippen molar-refractivity contribution in [3.8, 4) is 6.07 Å². The second-order valence-corrected chi connectivity index (χ2v) is 3.97. The Balaban J connectivity index is 2.03. The van der Waals surface area contributed by atoms with Crippen molar-refractivity contribution < 1.29 is 9.13 Å². The van der Waals surface area contributed by atoms with Crippen LogP contribution in [0.15, 0.2) is 18.2 Å². The van der Waals surface area contributed by atoms with Gasteiger partial charge >= 0.3 is 0 Å². The number of halogens is 1. The molecule has 1 aliphatic rings. The molecule has 0 saturated heterocycles. The Morgan fingerprint density at radius 2 is 2.25 bits per heavy atom. The van der Waals surface area contributed by atoms with Crippen molar-refractivity contribution in [3.05, 3.63) is 29.6 Å². The summed E-state index contributed by atoms with van der Waals surface area (Å²) in [4.78, 5) is 0. The summed E-state index contributed by atoms with van der Waals surface area (Å²) in [6.07, 6.45) is 2.17. The summed E-state index contributed by atoms with van der Waals surface area (Å²) in [5.74, 6) is -0.384. The number of methoxy groups -OCH3 is 1. The average Bonchev–Trinajstić information content (AvgIpc) is 2.24. The van der Waals surface area contributed by atoms with E-state index < -0.39 is 0 Å². The molecular weight excluding hydrogens is 207 g/mol. The lowest BCUT2D eigenvalue weighted by Gasteiger charge is -2.35. The van der Waals surface area contributed by atoms with Crippen molar-refractivity contribution in [1.82, 2.24) is 0 Å². The van der Waals surface area contributed by atoms with E-state index in [0.29, 0.717) is 23.4 Å². The molecule has 1 aliphatic carbocycles. The molecule has 0 aliphatic heterocycles. The number of ether oxygens (including phenoxy) is 1. The van der Waals surface area contributed by atoms with Crippen LogP contribution in [0.2, 0.25) is 0 Å². The number of rotatable bonds is 3. The summed E-state index contributed by atoms with van der Waals surface area (Å²) in [6, 6.07) is 6.51. The first kappa shape index (κ1) is 10.9. The first-order valence-corrected chi connectivity index (χ1v) is 5.22. The number of nitrogens with one attached hydrogen (secondary N) is 1. The summed E-state index contributed by atoms with van der Waals surface area (Å²) in [5.41, 5.74) is 1.05. The lowest BCUT2D eigenvalue weighted by Crippen LogP contribution is -2.40. The molecule has 1 N–H and O–H groups in total. The minimum atomic E-state index is -0.384. The van der Waals surface area contributed by atoms with E-state index in [9.17, 15) is 4.39 Å². The highest BCUT2D eigenvalue weighted by Gasteiger charge is 2.29. The van der Waals surface area contributed by atoms with Gasteiger partial charge in [-0.3, -0.25) is 0 Å². The summed E-state index contributed by atoms with van der Waals surface area (Å²) in [6.45, 7) is 0. The van der Waals surface area contributed by atoms with Crippen LogP contribution in [0.3, 0.4) is 0 Å². The van der Waals surface area contributed by atoms with Crippen LogP contribution in [-0.2, 0) is 4.74 Å². The van der Waals surface area contributed by atoms with Gasteiger partial charge in [0.15, 0.2) is 0 Å². The van der Waals surface area contributed by atoms with Crippen LogP contribution >= 0.6 is 0 Å². The highest BCUT2D eigenvalue weighted by atomic mass is 19.1. The third-order valence-electron chi connectivity index (χ3n) is 2.89. The second-order valence-electron chi connectivity index (χ2n) is 3.97. The molecule has 0 bridgehead atoms. The number of nitriles is 1. The first-order chi connectivity index (χ1) is 7.72. The normalized spacial score (nSPS) is 23.3. The van der Waals surface area contributed by atoms with Gasteiger partial charge in [0, 0.05) is 13.2 Å². The van der Waals surface area contributed by atoms with E-state index in [1.165, 1.54) is 12.1 Å². The van der Waals surface area contributed by atoms with E-state index in [1.54, 1.807) is 13.2 Å². The van der Waals surface area contributed by atoms with Crippen LogP contribution in [0.25, 0.3) is 0 Å². The number of anilines is 1. The van der Waals surface area contributed by atoms with Gasteiger partial charge in [0.1, 0.15) is 11.9 Å². The quantitative estimate of drug-likeness (QED) is 0.850. The lowest BCUT2D eigenvalue weighted by atomic mass is 9.89. The highest BCUT2D eigenvalue weighted by molar-refractivity contribution is 5.58. The zero-order valence-electron chi connectivity index (χ0n) is 9.03. The lowest BCUT2D eigenvalue weighted by molar-refractivity contribution is 0.0328. The van der Waals surface area contributed by atoms with Crippen molar-refractivity contribution in [2.45, 2.75) is 25.0 Å². The minimum Gasteiger partial charge on any atom is -0.381 e. The molecular formula is C12H13FN2O. The van der Waals surface area contributed by atoms with E-state index >= 15 is 0 Å². The molecule has 3 nitrogen and oxygen atoms in total. The van der Waals surface area contributed by atoms with E-state index in [-0.39, 0.29) is 5.82 Å². The van der Waals surface area contributed by atoms with Crippen LogP contribution in [0.4, 0.5) is 10.1 Å². The zero-order chi connectivity index (χ0) is 11.5. The molecule has 1 aromatic rings. The summed E-state index contributed by atoms with van der Waals surface area (Å²) >= 11 is 0. The topological polar surface area (TPSA) is 45.0 Å². The van der Waals surface area contributed by atoms with Gasteiger partial charge in [0.25, 0.3) is 0 Å². The molecule has 1 aromatic carbocycles. The molecule has 0 amide bonds. The van der Waals surface area contributed by atoms with Gasteiger partial charge in [-0.25, -0.2) is 4.39 Å². The Kier molecular flexibility index (Phi) is 3.07. The minimum absolute atomic E-state index is 0.309. The maximum atomic E-state index is 12.9. The van der Waals surface area contributed by atoms with Crippen LogP contribution in [-0.4, -0.2) is 19.3 Å². The molecule has 84 valence electrons. The van der Waals surface area contributed by atoms with Gasteiger partial charge in [0.05, 0.1) is 17.4 Å². The maximum Gasteiger partial charge on any atom is 0.124 e. The number of benzene rings is 1. The number of hydrogen-bond acceptors (Lipinski definition) is 3. The SMILES string of the molecule is COC1CC(Nc2ccc(F)cc2C#N)C1. The molecule has 16 heavy (non-hydrogen) atoms. The van der Waals surface area contributed by atoms with Crippen LogP contribution < -0.4 is 5.32 Å². The molecule has 0 radical (unpaired) electrons. The molecule has 0 atom stereocenters. The molecule has 1 fully saturated rings. The molecule has 0 aromatic heterocycles. The van der Waals surface area contributed by atoms with E-state index in [2.05, 4.69) is 5.32 Å². The smallest absolute Gasteiger partial charge is 0.124 e. The van der Waals surface area contributed by atoms with Crippen LogP contribution in [0.1, 0.15) is 18.4 Å². The Labute approximate surface area is 93.8 Å². The molecule has 0 unspecified atom stereocenters. The maximum absolute atomic E-state index is 12.9. The fraction of sp³-hybridized carbons (Fsp3) is 0.417. The Hall–Kier alpha value is -1.60. The molecule has 0 spiro atoms. The highest BCUT2D eigenvalue weighted by Crippen LogP contribution is 2.27. The van der Waals surface area contributed by atoms with Crippen molar-refractivity contribution >= 4 is 5.69 Å².